The highest BCUT2D eigenvalue weighted by molar-refractivity contribution is 9.10. The van der Waals surface area contributed by atoms with Crippen LogP contribution in [-0.4, -0.2) is 10.7 Å². The number of benzene rings is 1. The van der Waals surface area contributed by atoms with Crippen molar-refractivity contribution in [3.05, 3.63) is 35.6 Å². The van der Waals surface area contributed by atoms with Gasteiger partial charge in [0, 0.05) is 0 Å². The van der Waals surface area contributed by atoms with Gasteiger partial charge in [-0.1, -0.05) is 48.8 Å². The van der Waals surface area contributed by atoms with Gasteiger partial charge in [0.1, 0.15) is 5.82 Å². The number of amides is 1. The first-order valence-electron chi connectivity index (χ1n) is 6.15. The average Bonchev–Trinajstić information content (AvgIpc) is 2.35. The molecule has 0 saturated carbocycles. The molecule has 1 N–H and O–H groups in total. The molecule has 0 aliphatic heterocycles. The zero-order valence-electron chi connectivity index (χ0n) is 10.9. The Bertz CT molecular complexity index is 391. The van der Waals surface area contributed by atoms with E-state index < -0.39 is 0 Å². The summed E-state index contributed by atoms with van der Waals surface area (Å²) < 4.78 is 12.9. The minimum atomic E-state index is -0.264. The minimum absolute atomic E-state index is 0.0273. The summed E-state index contributed by atoms with van der Waals surface area (Å²) in [6, 6.07) is 6.18. The van der Waals surface area contributed by atoms with Crippen molar-refractivity contribution >= 4 is 21.8 Å². The lowest BCUT2D eigenvalue weighted by Crippen LogP contribution is -2.36. The van der Waals surface area contributed by atoms with Gasteiger partial charge in [0.2, 0.25) is 5.91 Å². The number of carbonyl (C=O) groups is 1. The van der Waals surface area contributed by atoms with Gasteiger partial charge in [-0.2, -0.15) is 0 Å². The van der Waals surface area contributed by atoms with Crippen LogP contribution in [0.1, 0.15) is 38.8 Å². The van der Waals surface area contributed by atoms with Crippen molar-refractivity contribution in [1.82, 2.24) is 5.32 Å². The van der Waals surface area contributed by atoms with Crippen LogP contribution in [0.5, 0.6) is 0 Å². The van der Waals surface area contributed by atoms with Crippen LogP contribution in [0.3, 0.4) is 0 Å². The number of hydrogen-bond donors (Lipinski definition) is 1. The summed E-state index contributed by atoms with van der Waals surface area (Å²) in [5.74, 6) is -0.0454. The quantitative estimate of drug-likeness (QED) is 0.822. The molecule has 0 bridgehead atoms. The highest BCUT2D eigenvalue weighted by Crippen LogP contribution is 2.22. The Morgan fingerprint density at radius 2 is 1.89 bits per heavy atom. The first-order chi connectivity index (χ1) is 8.45. The third kappa shape index (κ3) is 4.09. The molecule has 0 heterocycles. The van der Waals surface area contributed by atoms with Crippen molar-refractivity contribution in [1.29, 1.82) is 0 Å². The van der Waals surface area contributed by atoms with Crippen LogP contribution in [0.2, 0.25) is 0 Å². The lowest BCUT2D eigenvalue weighted by atomic mass is 9.96. The van der Waals surface area contributed by atoms with E-state index in [4.69, 9.17) is 0 Å². The molecule has 1 aromatic rings. The summed E-state index contributed by atoms with van der Waals surface area (Å²) in [5, 5.41) is 2.99. The van der Waals surface area contributed by atoms with E-state index in [1.54, 1.807) is 12.1 Å². The van der Waals surface area contributed by atoms with E-state index in [2.05, 4.69) is 21.2 Å². The van der Waals surface area contributed by atoms with Crippen molar-refractivity contribution in [2.75, 3.05) is 0 Å². The van der Waals surface area contributed by atoms with Gasteiger partial charge in [-0.05, 0) is 30.0 Å². The summed E-state index contributed by atoms with van der Waals surface area (Å²) in [5.41, 5.74) is 0.926. The number of nitrogens with one attached hydrogen (secondary N) is 1. The summed E-state index contributed by atoms with van der Waals surface area (Å²) in [6.45, 7) is 6.01. The van der Waals surface area contributed by atoms with E-state index in [0.717, 1.165) is 12.0 Å². The number of rotatable bonds is 5. The molecule has 100 valence electrons. The summed E-state index contributed by atoms with van der Waals surface area (Å²) in [6.07, 6.45) is 0.736. The van der Waals surface area contributed by atoms with Gasteiger partial charge in [-0.15, -0.1) is 0 Å². The molecule has 0 fully saturated rings. The van der Waals surface area contributed by atoms with Gasteiger partial charge in [0.05, 0.1) is 10.9 Å². The van der Waals surface area contributed by atoms with Crippen LogP contribution in [0.4, 0.5) is 4.39 Å². The van der Waals surface area contributed by atoms with Gasteiger partial charge in [-0.3, -0.25) is 4.79 Å². The van der Waals surface area contributed by atoms with Gasteiger partial charge in [-0.25, -0.2) is 4.39 Å². The van der Waals surface area contributed by atoms with Crippen LogP contribution < -0.4 is 5.32 Å². The fraction of sp³-hybridized carbons (Fsp3) is 0.500. The second-order valence-electron chi connectivity index (χ2n) is 4.66. The van der Waals surface area contributed by atoms with Gasteiger partial charge >= 0.3 is 0 Å². The van der Waals surface area contributed by atoms with E-state index in [1.807, 2.05) is 20.8 Å². The maximum Gasteiger partial charge on any atom is 0.234 e. The first kappa shape index (κ1) is 15.2. The molecular weight excluding hydrogens is 297 g/mol. The summed E-state index contributed by atoms with van der Waals surface area (Å²) in [7, 11) is 0. The maximum absolute atomic E-state index is 12.9. The Morgan fingerprint density at radius 3 is 2.33 bits per heavy atom. The van der Waals surface area contributed by atoms with Gasteiger partial charge < -0.3 is 5.32 Å². The Morgan fingerprint density at radius 1 is 1.33 bits per heavy atom. The SMILES string of the molecule is CCC(Br)C(=O)NC(c1ccc(F)cc1)C(C)C. The van der Waals surface area contributed by atoms with Crippen molar-refractivity contribution in [2.45, 2.75) is 38.1 Å². The van der Waals surface area contributed by atoms with E-state index in [0.29, 0.717) is 0 Å². The van der Waals surface area contributed by atoms with Crippen LogP contribution >= 0.6 is 15.9 Å². The van der Waals surface area contributed by atoms with Crippen molar-refractivity contribution in [3.63, 3.8) is 0 Å². The van der Waals surface area contributed by atoms with Crippen LogP contribution in [0.15, 0.2) is 24.3 Å². The monoisotopic (exact) mass is 315 g/mol. The number of halogens is 2. The zero-order valence-corrected chi connectivity index (χ0v) is 12.5. The topological polar surface area (TPSA) is 29.1 Å². The molecule has 2 nitrogen and oxygen atoms in total. The molecule has 0 spiro atoms. The van der Waals surface area contributed by atoms with E-state index in [1.165, 1.54) is 12.1 Å². The molecule has 1 rings (SSSR count). The highest BCUT2D eigenvalue weighted by Gasteiger charge is 2.21. The molecule has 0 aromatic heterocycles. The summed E-state index contributed by atoms with van der Waals surface area (Å²) >= 11 is 3.33. The molecule has 0 saturated heterocycles. The van der Waals surface area contributed by atoms with E-state index in [-0.39, 0.29) is 28.5 Å². The number of carbonyl (C=O) groups excluding carboxylic acids is 1. The second-order valence-corrected chi connectivity index (χ2v) is 5.76. The lowest BCUT2D eigenvalue weighted by molar-refractivity contribution is -0.121. The third-order valence-corrected chi connectivity index (χ3v) is 3.90. The smallest absolute Gasteiger partial charge is 0.234 e. The van der Waals surface area contributed by atoms with Crippen molar-refractivity contribution < 1.29 is 9.18 Å². The number of alkyl halides is 1. The molecule has 2 atom stereocenters. The molecule has 1 aromatic carbocycles. The largest absolute Gasteiger partial charge is 0.348 e. The molecule has 0 aliphatic carbocycles. The predicted octanol–water partition coefficient (Wildman–Crippen LogP) is 3.81. The van der Waals surface area contributed by atoms with Gasteiger partial charge in [0.15, 0.2) is 0 Å². The van der Waals surface area contributed by atoms with E-state index >= 15 is 0 Å². The van der Waals surface area contributed by atoms with Crippen LogP contribution in [-0.2, 0) is 4.79 Å². The molecule has 0 radical (unpaired) electrons. The Hall–Kier alpha value is -0.900. The maximum atomic E-state index is 12.9. The molecule has 2 unspecified atom stereocenters. The van der Waals surface area contributed by atoms with Gasteiger partial charge in [0.25, 0.3) is 0 Å². The minimum Gasteiger partial charge on any atom is -0.348 e. The van der Waals surface area contributed by atoms with Crippen LogP contribution in [0, 0.1) is 11.7 Å². The fourth-order valence-electron chi connectivity index (χ4n) is 1.73. The Balaban J connectivity index is 2.83. The lowest BCUT2D eigenvalue weighted by Gasteiger charge is -2.24. The molecule has 18 heavy (non-hydrogen) atoms. The second kappa shape index (κ2) is 6.88. The van der Waals surface area contributed by atoms with Crippen molar-refractivity contribution in [3.8, 4) is 0 Å². The summed E-state index contributed by atoms with van der Waals surface area (Å²) in [4.78, 5) is 11.7. The number of hydrogen-bond acceptors (Lipinski definition) is 1. The standard InChI is InChI=1S/C14H19BrFNO/c1-4-12(15)14(18)17-13(9(2)3)10-5-7-11(16)8-6-10/h5-9,12-13H,4H2,1-3H3,(H,17,18). The first-order valence-corrected chi connectivity index (χ1v) is 7.07. The third-order valence-electron chi connectivity index (χ3n) is 2.84. The Kier molecular flexibility index (Phi) is 5.79. The molecule has 0 aliphatic rings. The Labute approximate surface area is 116 Å². The fourth-order valence-corrected chi connectivity index (χ4v) is 1.87. The van der Waals surface area contributed by atoms with Crippen LogP contribution in [0.25, 0.3) is 0 Å². The normalized spacial score (nSPS) is 14.3. The molecule has 1 amide bonds. The zero-order chi connectivity index (χ0) is 13.7. The molecule has 4 heteroatoms. The highest BCUT2D eigenvalue weighted by atomic mass is 79.9. The van der Waals surface area contributed by atoms with E-state index in [9.17, 15) is 9.18 Å². The van der Waals surface area contributed by atoms with Crippen molar-refractivity contribution in [2.24, 2.45) is 5.92 Å². The average molecular weight is 316 g/mol. The molecular formula is C14H19BrFNO. The predicted molar refractivity (Wildman–Crippen MR) is 75.1 cm³/mol.